The smallest absolute Gasteiger partial charge is 0.244 e. The Kier molecular flexibility index (Phi) is 4.71. The van der Waals surface area contributed by atoms with Gasteiger partial charge in [-0.2, -0.15) is 0 Å². The van der Waals surface area contributed by atoms with Crippen molar-refractivity contribution in [2.24, 2.45) is 5.92 Å². The van der Waals surface area contributed by atoms with Gasteiger partial charge >= 0.3 is 0 Å². The maximum Gasteiger partial charge on any atom is 0.244 e. The van der Waals surface area contributed by atoms with Gasteiger partial charge in [0, 0.05) is 11.7 Å². The van der Waals surface area contributed by atoms with Crippen LogP contribution in [0.2, 0.25) is 0 Å². The molecule has 1 saturated heterocycles. The van der Waals surface area contributed by atoms with Crippen LogP contribution in [0.1, 0.15) is 37.3 Å². The molecule has 0 spiro atoms. The fraction of sp³-hybridized carbons (Fsp3) is 0.667. The number of carbonyl (C=O) groups is 2. The molecule has 22 heavy (non-hydrogen) atoms. The van der Waals surface area contributed by atoms with Crippen LogP contribution in [-0.2, 0) is 16.1 Å². The van der Waals surface area contributed by atoms with E-state index in [0.717, 1.165) is 31.4 Å². The van der Waals surface area contributed by atoms with Crippen molar-refractivity contribution in [3.8, 4) is 0 Å². The Hall–Kier alpha value is -1.50. The van der Waals surface area contributed by atoms with Crippen LogP contribution in [0.25, 0.3) is 0 Å². The maximum atomic E-state index is 12.5. The quantitative estimate of drug-likeness (QED) is 0.912. The Morgan fingerprint density at radius 3 is 2.91 bits per heavy atom. The molecule has 0 aromatic carbocycles. The molecule has 1 atom stereocenters. The minimum absolute atomic E-state index is 0.114. The highest BCUT2D eigenvalue weighted by atomic mass is 32.2. The van der Waals surface area contributed by atoms with E-state index < -0.39 is 0 Å². The third kappa shape index (κ3) is 3.29. The molecule has 1 aromatic heterocycles. The van der Waals surface area contributed by atoms with Gasteiger partial charge < -0.3 is 14.6 Å². The molecular weight excluding hydrogens is 302 g/mol. The Bertz CT molecular complexity index is 554. The fourth-order valence-electron chi connectivity index (χ4n) is 3.05. The zero-order valence-electron chi connectivity index (χ0n) is 12.7. The maximum absolute atomic E-state index is 12.5. The molecule has 1 unspecified atom stereocenters. The van der Waals surface area contributed by atoms with E-state index >= 15 is 0 Å². The standard InChI is InChI=1S/C15H21N3O3S/c1-10-6-16-13(21-10)7-17-14(19)12-8-22-9-18(12)15(20)11-4-2-3-5-11/h6,11-12H,2-5,7-9H2,1H3,(H,17,19). The molecular formula is C15H21N3O3S. The molecule has 0 bridgehead atoms. The second-order valence-corrected chi connectivity index (χ2v) is 6.89. The first-order chi connectivity index (χ1) is 10.6. The van der Waals surface area contributed by atoms with Crippen molar-refractivity contribution in [2.75, 3.05) is 11.6 Å². The molecule has 120 valence electrons. The highest BCUT2D eigenvalue weighted by Gasteiger charge is 2.38. The Balaban J connectivity index is 1.57. The van der Waals surface area contributed by atoms with Gasteiger partial charge in [0.2, 0.25) is 17.7 Å². The summed E-state index contributed by atoms with van der Waals surface area (Å²) in [6.07, 6.45) is 5.80. The fourth-order valence-corrected chi connectivity index (χ4v) is 4.21. The molecule has 7 heteroatoms. The average Bonchev–Trinajstić information content (AvgIpc) is 3.25. The molecule has 2 aliphatic rings. The Morgan fingerprint density at radius 2 is 2.23 bits per heavy atom. The number of aryl methyl sites for hydroxylation is 1. The second-order valence-electron chi connectivity index (χ2n) is 5.89. The molecule has 2 amide bonds. The number of carbonyl (C=O) groups excluding carboxylic acids is 2. The van der Waals surface area contributed by atoms with Crippen molar-refractivity contribution >= 4 is 23.6 Å². The van der Waals surface area contributed by atoms with Gasteiger partial charge in [-0.15, -0.1) is 11.8 Å². The van der Waals surface area contributed by atoms with Gasteiger partial charge in [-0.25, -0.2) is 4.98 Å². The zero-order valence-corrected chi connectivity index (χ0v) is 13.5. The largest absolute Gasteiger partial charge is 0.444 e. The first-order valence-electron chi connectivity index (χ1n) is 7.72. The van der Waals surface area contributed by atoms with Crippen LogP contribution >= 0.6 is 11.8 Å². The predicted molar refractivity (Wildman–Crippen MR) is 83.0 cm³/mol. The van der Waals surface area contributed by atoms with Gasteiger partial charge in [0.25, 0.3) is 0 Å². The van der Waals surface area contributed by atoms with Crippen molar-refractivity contribution in [2.45, 2.75) is 45.2 Å². The molecule has 6 nitrogen and oxygen atoms in total. The van der Waals surface area contributed by atoms with E-state index in [4.69, 9.17) is 4.42 Å². The van der Waals surface area contributed by atoms with Crippen molar-refractivity contribution < 1.29 is 14.0 Å². The van der Waals surface area contributed by atoms with Crippen LogP contribution in [0.4, 0.5) is 0 Å². The number of thioether (sulfide) groups is 1. The topological polar surface area (TPSA) is 75.4 Å². The van der Waals surface area contributed by atoms with Crippen molar-refractivity contribution in [3.05, 3.63) is 17.8 Å². The molecule has 1 saturated carbocycles. The molecule has 0 radical (unpaired) electrons. The van der Waals surface area contributed by atoms with Crippen molar-refractivity contribution in [1.29, 1.82) is 0 Å². The first kappa shape index (κ1) is 15.4. The van der Waals surface area contributed by atoms with Crippen LogP contribution < -0.4 is 5.32 Å². The molecule has 1 aliphatic heterocycles. The van der Waals surface area contributed by atoms with Crippen molar-refractivity contribution in [1.82, 2.24) is 15.2 Å². The van der Waals surface area contributed by atoms with E-state index in [2.05, 4.69) is 10.3 Å². The van der Waals surface area contributed by atoms with Crippen LogP contribution in [0.15, 0.2) is 10.6 Å². The summed E-state index contributed by atoms with van der Waals surface area (Å²) in [5, 5.41) is 2.83. The highest BCUT2D eigenvalue weighted by Crippen LogP contribution is 2.30. The summed E-state index contributed by atoms with van der Waals surface area (Å²) in [6, 6.07) is -0.367. The Labute approximate surface area is 134 Å². The monoisotopic (exact) mass is 323 g/mol. The summed E-state index contributed by atoms with van der Waals surface area (Å²) in [6.45, 7) is 2.08. The third-order valence-electron chi connectivity index (χ3n) is 4.26. The number of oxazole rings is 1. The summed E-state index contributed by atoms with van der Waals surface area (Å²) >= 11 is 1.64. The average molecular weight is 323 g/mol. The van der Waals surface area contributed by atoms with Gasteiger partial charge in [-0.1, -0.05) is 12.8 Å². The molecule has 2 fully saturated rings. The third-order valence-corrected chi connectivity index (χ3v) is 5.27. The van der Waals surface area contributed by atoms with Crippen LogP contribution in [-0.4, -0.2) is 39.4 Å². The number of rotatable bonds is 4. The summed E-state index contributed by atoms with van der Waals surface area (Å²) < 4.78 is 5.34. The van der Waals surface area contributed by atoms with E-state index in [9.17, 15) is 9.59 Å². The van der Waals surface area contributed by atoms with Crippen LogP contribution in [0.3, 0.4) is 0 Å². The zero-order chi connectivity index (χ0) is 15.5. The molecule has 1 aliphatic carbocycles. The van der Waals surface area contributed by atoms with Crippen molar-refractivity contribution in [3.63, 3.8) is 0 Å². The van der Waals surface area contributed by atoms with E-state index in [1.165, 1.54) is 0 Å². The van der Waals surface area contributed by atoms with Crippen LogP contribution in [0.5, 0.6) is 0 Å². The second kappa shape index (κ2) is 6.73. The van der Waals surface area contributed by atoms with E-state index in [1.807, 2.05) is 6.92 Å². The lowest BCUT2D eigenvalue weighted by Crippen LogP contribution is -2.48. The SMILES string of the molecule is Cc1cnc(CNC(=O)C2CSCN2C(=O)C2CCCC2)o1. The summed E-state index contributed by atoms with van der Waals surface area (Å²) in [5.41, 5.74) is 0. The Morgan fingerprint density at radius 1 is 1.45 bits per heavy atom. The van der Waals surface area contributed by atoms with Crippen LogP contribution in [0, 0.1) is 12.8 Å². The molecule has 1 aromatic rings. The first-order valence-corrected chi connectivity index (χ1v) is 8.88. The number of amides is 2. The lowest BCUT2D eigenvalue weighted by atomic mass is 10.1. The van der Waals surface area contributed by atoms with Gasteiger partial charge in [0.05, 0.1) is 18.6 Å². The van der Waals surface area contributed by atoms with Gasteiger partial charge in [0.1, 0.15) is 11.8 Å². The van der Waals surface area contributed by atoms with Gasteiger partial charge in [0.15, 0.2) is 0 Å². The molecule has 1 N–H and O–H groups in total. The number of hydrogen-bond donors (Lipinski definition) is 1. The summed E-state index contributed by atoms with van der Waals surface area (Å²) in [5.74, 6) is 2.63. The summed E-state index contributed by atoms with van der Waals surface area (Å²) in [4.78, 5) is 30.7. The van der Waals surface area contributed by atoms with Gasteiger partial charge in [-0.05, 0) is 19.8 Å². The number of aromatic nitrogens is 1. The molecule has 3 rings (SSSR count). The van der Waals surface area contributed by atoms with Gasteiger partial charge in [-0.3, -0.25) is 9.59 Å². The van der Waals surface area contributed by atoms with E-state index in [-0.39, 0.29) is 30.3 Å². The summed E-state index contributed by atoms with van der Waals surface area (Å²) in [7, 11) is 0. The minimum atomic E-state index is -0.367. The van der Waals surface area contributed by atoms with E-state index in [0.29, 0.717) is 17.5 Å². The lowest BCUT2D eigenvalue weighted by molar-refractivity contribution is -0.141. The number of nitrogens with zero attached hydrogens (tertiary/aromatic N) is 2. The highest BCUT2D eigenvalue weighted by molar-refractivity contribution is 7.99. The predicted octanol–water partition coefficient (Wildman–Crippen LogP) is 1.69. The normalized spacial score (nSPS) is 22.2. The number of hydrogen-bond acceptors (Lipinski definition) is 5. The number of nitrogens with one attached hydrogen (secondary N) is 1. The molecule has 2 heterocycles. The van der Waals surface area contributed by atoms with E-state index in [1.54, 1.807) is 22.9 Å². The lowest BCUT2D eigenvalue weighted by Gasteiger charge is -2.25. The minimum Gasteiger partial charge on any atom is -0.444 e.